The number of pyridine rings is 1. The molecule has 0 bridgehead atoms. The number of carbonyl (C=O) groups is 1. The lowest BCUT2D eigenvalue weighted by atomic mass is 9.92. The average Bonchev–Trinajstić information content (AvgIpc) is 2.68. The van der Waals surface area contributed by atoms with Crippen LogP contribution in [0.3, 0.4) is 0 Å². The van der Waals surface area contributed by atoms with Crippen LogP contribution < -0.4 is 5.69 Å². The highest BCUT2D eigenvalue weighted by Gasteiger charge is 2.27. The molecule has 1 fully saturated rings. The van der Waals surface area contributed by atoms with Crippen LogP contribution in [0.25, 0.3) is 11.2 Å². The summed E-state index contributed by atoms with van der Waals surface area (Å²) in [7, 11) is 0. The van der Waals surface area contributed by atoms with Gasteiger partial charge >= 0.3 is 11.7 Å². The van der Waals surface area contributed by atoms with Gasteiger partial charge in [-0.3, -0.25) is 13.9 Å². The summed E-state index contributed by atoms with van der Waals surface area (Å²) >= 11 is 0. The summed E-state index contributed by atoms with van der Waals surface area (Å²) in [4.78, 5) is 28.3. The van der Waals surface area contributed by atoms with Crippen LogP contribution in [0.1, 0.15) is 45.6 Å². The Balaban J connectivity index is 2.08. The molecular weight excluding hydrogens is 294 g/mol. The van der Waals surface area contributed by atoms with E-state index in [0.29, 0.717) is 23.0 Å². The van der Waals surface area contributed by atoms with Crippen molar-refractivity contribution in [3.8, 4) is 0 Å². The Kier molecular flexibility index (Phi) is 4.24. The Morgan fingerprint density at radius 3 is 2.52 bits per heavy atom. The highest BCUT2D eigenvalue weighted by molar-refractivity contribution is 5.75. The van der Waals surface area contributed by atoms with E-state index in [2.05, 4.69) is 18.8 Å². The molecule has 0 spiro atoms. The van der Waals surface area contributed by atoms with Gasteiger partial charge in [0.1, 0.15) is 6.54 Å². The number of hydrogen-bond acceptors (Lipinski definition) is 3. The lowest BCUT2D eigenvalue weighted by molar-refractivity contribution is -0.137. The molecule has 2 aromatic rings. The zero-order chi connectivity index (χ0) is 16.6. The number of imidazole rings is 1. The molecule has 2 unspecified atom stereocenters. The first kappa shape index (κ1) is 15.8. The molecule has 0 radical (unpaired) electrons. The molecule has 0 aromatic carbocycles. The van der Waals surface area contributed by atoms with E-state index < -0.39 is 5.97 Å². The second-order valence-corrected chi connectivity index (χ2v) is 6.74. The van der Waals surface area contributed by atoms with Gasteiger partial charge in [0, 0.05) is 12.2 Å². The Bertz CT molecular complexity index is 765. The number of hydrogen-bond donors (Lipinski definition) is 1. The van der Waals surface area contributed by atoms with Crippen LogP contribution in [0.4, 0.5) is 0 Å². The van der Waals surface area contributed by atoms with Crippen LogP contribution in [0.15, 0.2) is 23.1 Å². The quantitative estimate of drug-likeness (QED) is 0.883. The maximum Gasteiger partial charge on any atom is 0.331 e. The van der Waals surface area contributed by atoms with Crippen LogP contribution in [0.5, 0.6) is 0 Å². The monoisotopic (exact) mass is 317 g/mol. The predicted molar refractivity (Wildman–Crippen MR) is 87.5 cm³/mol. The number of carboxylic acid groups (broad SMARTS) is 1. The van der Waals surface area contributed by atoms with Gasteiger partial charge in [-0.1, -0.05) is 13.8 Å². The highest BCUT2D eigenvalue weighted by Crippen LogP contribution is 2.34. The average molecular weight is 317 g/mol. The summed E-state index contributed by atoms with van der Waals surface area (Å²) in [6.45, 7) is 4.21. The minimum absolute atomic E-state index is 0.0994. The normalized spacial score (nSPS) is 25.4. The van der Waals surface area contributed by atoms with Gasteiger partial charge in [0.15, 0.2) is 5.65 Å². The van der Waals surface area contributed by atoms with Crippen LogP contribution >= 0.6 is 0 Å². The van der Waals surface area contributed by atoms with Crippen molar-refractivity contribution < 1.29 is 9.90 Å². The van der Waals surface area contributed by atoms with E-state index in [-0.39, 0.29) is 18.3 Å². The summed E-state index contributed by atoms with van der Waals surface area (Å²) in [6.07, 6.45) is 5.70. The van der Waals surface area contributed by atoms with Gasteiger partial charge in [-0.2, -0.15) is 0 Å². The Morgan fingerprint density at radius 1 is 1.26 bits per heavy atom. The van der Waals surface area contributed by atoms with E-state index in [0.717, 1.165) is 25.7 Å². The zero-order valence-corrected chi connectivity index (χ0v) is 13.6. The molecule has 6 nitrogen and oxygen atoms in total. The molecule has 2 aromatic heterocycles. The molecule has 23 heavy (non-hydrogen) atoms. The molecule has 1 N–H and O–H groups in total. The van der Waals surface area contributed by atoms with Gasteiger partial charge in [0.2, 0.25) is 0 Å². The van der Waals surface area contributed by atoms with Crippen molar-refractivity contribution in [3.63, 3.8) is 0 Å². The number of rotatable bonds is 3. The fourth-order valence-electron chi connectivity index (χ4n) is 3.61. The first-order chi connectivity index (χ1) is 11.0. The second kappa shape index (κ2) is 6.18. The maximum absolute atomic E-state index is 12.8. The maximum atomic E-state index is 12.8. The molecular formula is C17H23N3O3. The number of nitrogens with zero attached hydrogens (tertiary/aromatic N) is 3. The fraction of sp³-hybridized carbons (Fsp3) is 0.588. The second-order valence-electron chi connectivity index (χ2n) is 6.74. The molecule has 2 heterocycles. The third-order valence-electron chi connectivity index (χ3n) is 5.26. The van der Waals surface area contributed by atoms with Crippen molar-refractivity contribution >= 4 is 17.1 Å². The number of aromatic nitrogens is 3. The summed E-state index contributed by atoms with van der Waals surface area (Å²) in [6, 6.07) is 3.61. The largest absolute Gasteiger partial charge is 0.480 e. The van der Waals surface area contributed by atoms with E-state index >= 15 is 0 Å². The van der Waals surface area contributed by atoms with Gasteiger partial charge in [0.05, 0.1) is 5.52 Å². The van der Waals surface area contributed by atoms with Crippen molar-refractivity contribution in [2.45, 2.75) is 52.1 Å². The molecule has 1 aliphatic rings. The smallest absolute Gasteiger partial charge is 0.331 e. The molecule has 1 saturated carbocycles. The van der Waals surface area contributed by atoms with Crippen molar-refractivity contribution in [2.75, 3.05) is 0 Å². The molecule has 2 atom stereocenters. The van der Waals surface area contributed by atoms with Gasteiger partial charge in [0.25, 0.3) is 0 Å². The first-order valence-corrected chi connectivity index (χ1v) is 8.26. The third-order valence-corrected chi connectivity index (χ3v) is 5.26. The van der Waals surface area contributed by atoms with E-state index in [9.17, 15) is 9.59 Å². The lowest BCUT2D eigenvalue weighted by Gasteiger charge is -2.15. The SMILES string of the molecule is CC1CCC(n2c(=O)n(CC(=O)O)c3cccnc32)CCC1C. The number of aliphatic carboxylic acids is 1. The molecule has 0 amide bonds. The predicted octanol–water partition coefficient (Wildman–Crippen LogP) is 2.67. The Labute approximate surface area is 134 Å². The van der Waals surface area contributed by atoms with Crippen LogP contribution in [0.2, 0.25) is 0 Å². The van der Waals surface area contributed by atoms with Gasteiger partial charge < -0.3 is 5.11 Å². The number of fused-ring (bicyclic) bond motifs is 1. The van der Waals surface area contributed by atoms with E-state index in [4.69, 9.17) is 5.11 Å². The van der Waals surface area contributed by atoms with Crippen molar-refractivity contribution in [1.82, 2.24) is 14.1 Å². The Morgan fingerprint density at radius 2 is 1.91 bits per heavy atom. The number of carboxylic acids is 1. The summed E-state index contributed by atoms with van der Waals surface area (Å²) in [5.74, 6) is 0.283. The van der Waals surface area contributed by atoms with Gasteiger partial charge in [-0.05, 0) is 49.7 Å². The first-order valence-electron chi connectivity index (χ1n) is 8.26. The lowest BCUT2D eigenvalue weighted by Crippen LogP contribution is -2.29. The molecule has 3 rings (SSSR count). The minimum Gasteiger partial charge on any atom is -0.480 e. The fourth-order valence-corrected chi connectivity index (χ4v) is 3.61. The molecule has 0 aliphatic heterocycles. The van der Waals surface area contributed by atoms with E-state index in [1.54, 1.807) is 22.9 Å². The summed E-state index contributed by atoms with van der Waals surface area (Å²) < 4.78 is 3.05. The standard InChI is InChI=1S/C17H23N3O3/c1-11-5-7-13(8-6-12(11)2)20-16-14(4-3-9-18-16)19(17(20)23)10-15(21)22/h3-4,9,11-13H,5-8,10H2,1-2H3,(H,21,22). The summed E-state index contributed by atoms with van der Waals surface area (Å²) in [5, 5.41) is 9.10. The van der Waals surface area contributed by atoms with Gasteiger partial charge in [-0.15, -0.1) is 0 Å². The van der Waals surface area contributed by atoms with E-state index in [1.807, 2.05) is 0 Å². The van der Waals surface area contributed by atoms with Crippen molar-refractivity contribution in [2.24, 2.45) is 11.8 Å². The molecule has 1 aliphatic carbocycles. The minimum atomic E-state index is -1.02. The van der Waals surface area contributed by atoms with E-state index in [1.165, 1.54) is 4.57 Å². The Hall–Kier alpha value is -2.11. The highest BCUT2D eigenvalue weighted by atomic mass is 16.4. The van der Waals surface area contributed by atoms with Gasteiger partial charge in [-0.25, -0.2) is 9.78 Å². The van der Waals surface area contributed by atoms with Crippen LogP contribution in [-0.4, -0.2) is 25.2 Å². The van der Waals surface area contributed by atoms with Crippen LogP contribution in [-0.2, 0) is 11.3 Å². The third kappa shape index (κ3) is 2.90. The molecule has 0 saturated heterocycles. The van der Waals surface area contributed by atoms with Crippen molar-refractivity contribution in [1.29, 1.82) is 0 Å². The molecule has 124 valence electrons. The molecule has 6 heteroatoms. The summed E-state index contributed by atoms with van der Waals surface area (Å²) in [5.41, 5.74) is 0.949. The van der Waals surface area contributed by atoms with Crippen molar-refractivity contribution in [3.05, 3.63) is 28.8 Å². The zero-order valence-electron chi connectivity index (χ0n) is 13.6. The topological polar surface area (TPSA) is 77.1 Å². The van der Waals surface area contributed by atoms with Crippen LogP contribution in [0, 0.1) is 11.8 Å².